The van der Waals surface area contributed by atoms with E-state index in [9.17, 15) is 4.79 Å². The fourth-order valence-corrected chi connectivity index (χ4v) is 1.15. The summed E-state index contributed by atoms with van der Waals surface area (Å²) in [5, 5.41) is 8.46. The molecule has 4 heteroatoms. The summed E-state index contributed by atoms with van der Waals surface area (Å²) in [6.45, 7) is 1.92. The average Bonchev–Trinajstić information content (AvgIpc) is 2.17. The first-order valence-electron chi connectivity index (χ1n) is 4.25. The molecule has 0 aliphatic heterocycles. The topological polar surface area (TPSA) is 55.8 Å². The van der Waals surface area contributed by atoms with Crippen LogP contribution in [0.4, 0.5) is 4.79 Å². The van der Waals surface area contributed by atoms with Crippen molar-refractivity contribution in [3.05, 3.63) is 23.8 Å². The van der Waals surface area contributed by atoms with E-state index in [0.717, 1.165) is 5.56 Å². The van der Waals surface area contributed by atoms with E-state index in [1.807, 2.05) is 6.92 Å². The molecule has 0 aromatic heterocycles. The van der Waals surface area contributed by atoms with E-state index in [2.05, 4.69) is 4.74 Å². The molecule has 0 heterocycles. The van der Waals surface area contributed by atoms with Crippen molar-refractivity contribution in [1.82, 2.24) is 0 Å². The summed E-state index contributed by atoms with van der Waals surface area (Å²) in [5.41, 5.74) is 0.812. The van der Waals surface area contributed by atoms with Gasteiger partial charge in [-0.05, 0) is 30.2 Å². The van der Waals surface area contributed by atoms with Crippen LogP contribution in [0.2, 0.25) is 0 Å². The van der Waals surface area contributed by atoms with Crippen molar-refractivity contribution in [3.63, 3.8) is 0 Å². The molecule has 0 spiro atoms. The van der Waals surface area contributed by atoms with Gasteiger partial charge in [-0.1, -0.05) is 6.92 Å². The Kier molecular flexibility index (Phi) is 3.34. The zero-order valence-corrected chi connectivity index (χ0v) is 8.11. The van der Waals surface area contributed by atoms with E-state index in [0.29, 0.717) is 17.9 Å². The number of methoxy groups -OCH3 is 1. The van der Waals surface area contributed by atoms with Crippen LogP contribution >= 0.6 is 0 Å². The first-order valence-corrected chi connectivity index (χ1v) is 4.25. The summed E-state index contributed by atoms with van der Waals surface area (Å²) in [6.07, 6.45) is -0.607. The molecule has 0 saturated heterocycles. The molecule has 0 unspecified atom stereocenters. The maximum Gasteiger partial charge on any atom is 0.511 e. The van der Waals surface area contributed by atoms with Crippen molar-refractivity contribution in [2.45, 2.75) is 13.3 Å². The van der Waals surface area contributed by atoms with Crippen LogP contribution in [0.1, 0.15) is 12.5 Å². The van der Waals surface area contributed by atoms with Crippen LogP contribution in [-0.4, -0.2) is 18.4 Å². The van der Waals surface area contributed by atoms with Crippen molar-refractivity contribution >= 4 is 6.16 Å². The molecule has 0 atom stereocenters. The summed E-state index contributed by atoms with van der Waals surface area (Å²) in [4.78, 5) is 10.3. The summed E-state index contributed by atoms with van der Waals surface area (Å²) in [5.74, 6) is 1.06. The molecule has 14 heavy (non-hydrogen) atoms. The average molecular weight is 196 g/mol. The Hall–Kier alpha value is -1.71. The normalized spacial score (nSPS) is 9.57. The molecule has 1 aromatic rings. The number of rotatable bonds is 3. The minimum Gasteiger partial charge on any atom is -0.497 e. The van der Waals surface area contributed by atoms with Crippen LogP contribution in [-0.2, 0) is 6.42 Å². The van der Waals surface area contributed by atoms with E-state index >= 15 is 0 Å². The maximum atomic E-state index is 10.3. The molecule has 0 radical (unpaired) electrons. The number of carboxylic acid groups (broad SMARTS) is 1. The van der Waals surface area contributed by atoms with Crippen molar-refractivity contribution in [2.24, 2.45) is 0 Å². The van der Waals surface area contributed by atoms with E-state index in [1.165, 1.54) is 0 Å². The zero-order valence-electron chi connectivity index (χ0n) is 8.11. The van der Waals surface area contributed by atoms with Crippen LogP contribution < -0.4 is 9.47 Å². The van der Waals surface area contributed by atoms with Gasteiger partial charge >= 0.3 is 6.16 Å². The molecule has 0 saturated carbocycles. The highest BCUT2D eigenvalue weighted by Crippen LogP contribution is 2.24. The fraction of sp³-hybridized carbons (Fsp3) is 0.300. The highest BCUT2D eigenvalue weighted by atomic mass is 16.7. The summed E-state index contributed by atoms with van der Waals surface area (Å²) in [6, 6.07) is 5.02. The second kappa shape index (κ2) is 4.50. The third kappa shape index (κ3) is 2.39. The van der Waals surface area contributed by atoms with E-state index in [4.69, 9.17) is 9.84 Å². The van der Waals surface area contributed by atoms with Gasteiger partial charge in [0.15, 0.2) is 0 Å². The molecule has 0 aliphatic carbocycles. The quantitative estimate of drug-likeness (QED) is 0.595. The predicted molar refractivity (Wildman–Crippen MR) is 51.0 cm³/mol. The van der Waals surface area contributed by atoms with Gasteiger partial charge < -0.3 is 14.6 Å². The minimum atomic E-state index is -1.30. The summed E-state index contributed by atoms with van der Waals surface area (Å²) >= 11 is 0. The number of carbonyl (C=O) groups is 1. The van der Waals surface area contributed by atoms with E-state index in [1.54, 1.807) is 25.3 Å². The standard InChI is InChI=1S/C10H12O4/c1-3-7-6-8(13-2)4-5-9(7)14-10(11)12/h4-6H,3H2,1-2H3,(H,11,12). The molecule has 0 amide bonds. The third-order valence-corrected chi connectivity index (χ3v) is 1.85. The Labute approximate surface area is 82.1 Å². The number of benzene rings is 1. The van der Waals surface area contributed by atoms with Gasteiger partial charge in [0.1, 0.15) is 11.5 Å². The van der Waals surface area contributed by atoms with Crippen molar-refractivity contribution < 1.29 is 19.4 Å². The summed E-state index contributed by atoms with van der Waals surface area (Å²) < 4.78 is 9.61. The second-order valence-electron chi connectivity index (χ2n) is 2.70. The molecular weight excluding hydrogens is 184 g/mol. The Morgan fingerprint density at radius 1 is 1.50 bits per heavy atom. The lowest BCUT2D eigenvalue weighted by molar-refractivity contribution is 0.144. The van der Waals surface area contributed by atoms with Crippen molar-refractivity contribution in [2.75, 3.05) is 7.11 Å². The first-order chi connectivity index (χ1) is 6.67. The lowest BCUT2D eigenvalue weighted by Crippen LogP contribution is -2.05. The minimum absolute atomic E-state index is 0.362. The Balaban J connectivity index is 2.98. The van der Waals surface area contributed by atoms with Gasteiger partial charge in [0.25, 0.3) is 0 Å². The lowest BCUT2D eigenvalue weighted by atomic mass is 10.1. The smallest absolute Gasteiger partial charge is 0.497 e. The second-order valence-corrected chi connectivity index (χ2v) is 2.70. The Morgan fingerprint density at radius 2 is 2.21 bits per heavy atom. The maximum absolute atomic E-state index is 10.3. The highest BCUT2D eigenvalue weighted by molar-refractivity contribution is 5.62. The number of hydrogen-bond acceptors (Lipinski definition) is 3. The number of aryl methyl sites for hydroxylation is 1. The predicted octanol–water partition coefficient (Wildman–Crippen LogP) is 2.31. The first kappa shape index (κ1) is 10.4. The van der Waals surface area contributed by atoms with Crippen molar-refractivity contribution in [3.8, 4) is 11.5 Å². The molecular formula is C10H12O4. The van der Waals surface area contributed by atoms with Gasteiger partial charge in [-0.2, -0.15) is 0 Å². The molecule has 76 valence electrons. The Morgan fingerprint density at radius 3 is 2.71 bits per heavy atom. The number of hydrogen-bond donors (Lipinski definition) is 1. The van der Waals surface area contributed by atoms with Crippen LogP contribution in [0.5, 0.6) is 11.5 Å². The van der Waals surface area contributed by atoms with Gasteiger partial charge in [0.2, 0.25) is 0 Å². The zero-order chi connectivity index (χ0) is 10.6. The van der Waals surface area contributed by atoms with Gasteiger partial charge in [0.05, 0.1) is 7.11 Å². The van der Waals surface area contributed by atoms with E-state index in [-0.39, 0.29) is 0 Å². The van der Waals surface area contributed by atoms with Crippen LogP contribution in [0, 0.1) is 0 Å². The molecule has 1 rings (SSSR count). The van der Waals surface area contributed by atoms with Crippen LogP contribution in [0.3, 0.4) is 0 Å². The lowest BCUT2D eigenvalue weighted by Gasteiger charge is -2.07. The Bertz CT molecular complexity index is 333. The van der Waals surface area contributed by atoms with Crippen molar-refractivity contribution in [1.29, 1.82) is 0 Å². The van der Waals surface area contributed by atoms with Gasteiger partial charge in [-0.15, -0.1) is 0 Å². The SMILES string of the molecule is CCc1cc(OC)ccc1OC(=O)O. The fourth-order valence-electron chi connectivity index (χ4n) is 1.15. The largest absolute Gasteiger partial charge is 0.511 e. The van der Waals surface area contributed by atoms with Gasteiger partial charge in [-0.3, -0.25) is 0 Å². The van der Waals surface area contributed by atoms with Crippen LogP contribution in [0.25, 0.3) is 0 Å². The summed E-state index contributed by atoms with van der Waals surface area (Å²) in [7, 11) is 1.56. The highest BCUT2D eigenvalue weighted by Gasteiger charge is 2.07. The van der Waals surface area contributed by atoms with Gasteiger partial charge in [0, 0.05) is 0 Å². The molecule has 0 fully saturated rings. The molecule has 0 aliphatic rings. The van der Waals surface area contributed by atoms with E-state index < -0.39 is 6.16 Å². The molecule has 1 N–H and O–H groups in total. The molecule has 1 aromatic carbocycles. The van der Waals surface area contributed by atoms with Gasteiger partial charge in [-0.25, -0.2) is 4.79 Å². The monoisotopic (exact) mass is 196 g/mol. The molecule has 0 bridgehead atoms. The third-order valence-electron chi connectivity index (χ3n) is 1.85. The number of ether oxygens (including phenoxy) is 2. The van der Waals surface area contributed by atoms with Crippen LogP contribution in [0.15, 0.2) is 18.2 Å². The molecule has 4 nitrogen and oxygen atoms in total.